The molecule has 0 aromatic heterocycles. The Bertz CT molecular complexity index is 1270. The molecular formula is C23H19ClN4O5S. The molecule has 0 aliphatic carbocycles. The summed E-state index contributed by atoms with van der Waals surface area (Å²) < 4.78 is 0. The molecular weight excluding hydrogens is 480 g/mol. The van der Waals surface area contributed by atoms with Crippen molar-refractivity contribution < 1.29 is 24.3 Å². The number of carbonyl (C=O) groups is 4. The number of amides is 4. The summed E-state index contributed by atoms with van der Waals surface area (Å²) in [6.07, 6.45) is 0. The van der Waals surface area contributed by atoms with E-state index >= 15 is 0 Å². The zero-order valence-electron chi connectivity index (χ0n) is 18.0. The molecule has 1 unspecified atom stereocenters. The maximum Gasteiger partial charge on any atom is 0.328 e. The first kappa shape index (κ1) is 22.4. The Morgan fingerprint density at radius 3 is 2.56 bits per heavy atom. The fourth-order valence-electron chi connectivity index (χ4n) is 4.65. The molecule has 34 heavy (non-hydrogen) atoms. The largest absolute Gasteiger partial charge is 0.480 e. The van der Waals surface area contributed by atoms with Crippen molar-refractivity contribution >= 4 is 57.9 Å². The van der Waals surface area contributed by atoms with Gasteiger partial charge in [0.05, 0.1) is 23.3 Å². The summed E-state index contributed by atoms with van der Waals surface area (Å²) in [5.41, 5.74) is -0.595. The van der Waals surface area contributed by atoms with Gasteiger partial charge >= 0.3 is 12.0 Å². The molecule has 0 bridgehead atoms. The Labute approximate surface area is 204 Å². The molecule has 2 aromatic carbocycles. The van der Waals surface area contributed by atoms with Gasteiger partial charge in [-0.25, -0.2) is 4.79 Å². The van der Waals surface area contributed by atoms with Crippen molar-refractivity contribution in [2.75, 3.05) is 30.8 Å². The molecule has 9 nitrogen and oxygen atoms in total. The highest BCUT2D eigenvalue weighted by molar-refractivity contribution is 8.14. The number of carbonyl (C=O) groups excluding carboxylic acids is 3. The number of rotatable bonds is 5. The number of carboxylic acid groups (broad SMARTS) is 1. The maximum absolute atomic E-state index is 13.8. The van der Waals surface area contributed by atoms with Crippen LogP contribution in [0.5, 0.6) is 0 Å². The molecule has 0 radical (unpaired) electrons. The third-order valence-electron chi connectivity index (χ3n) is 6.19. The standard InChI is InChI=1S/C23H19ClN4O5S/c1-26-22(33)28(10-15-12-34-19(25-15)13-5-3-2-4-6-13)21(32)23(26)16-9-14(24)7-8-17(16)27(20(23)31)11-18(29)30/h2-9,15H,10-12H2,1H3,(H,29,30)/t15?,23-/m0/s1. The number of carboxylic acids is 1. The lowest BCUT2D eigenvalue weighted by molar-refractivity contribution is -0.143. The van der Waals surface area contributed by atoms with Gasteiger partial charge < -0.3 is 10.0 Å². The first-order chi connectivity index (χ1) is 16.2. The molecule has 2 aromatic rings. The molecule has 1 fully saturated rings. The van der Waals surface area contributed by atoms with Crippen molar-refractivity contribution in [1.29, 1.82) is 0 Å². The molecule has 0 saturated carbocycles. The average molecular weight is 499 g/mol. The van der Waals surface area contributed by atoms with E-state index in [0.29, 0.717) is 5.75 Å². The number of thioether (sulfide) groups is 1. The number of likely N-dealkylation sites (N-methyl/N-ethyl adjacent to an activating group) is 1. The molecule has 1 spiro atoms. The lowest BCUT2D eigenvalue weighted by atomic mass is 9.90. The molecule has 3 heterocycles. The Balaban J connectivity index is 1.50. The second-order valence-electron chi connectivity index (χ2n) is 8.18. The van der Waals surface area contributed by atoms with Gasteiger partial charge in [-0.3, -0.25) is 29.2 Å². The van der Waals surface area contributed by atoms with Gasteiger partial charge in [0.2, 0.25) is 5.54 Å². The molecule has 4 amide bonds. The number of nitrogens with zero attached hydrogens (tertiary/aromatic N) is 4. The number of aliphatic carboxylic acids is 1. The van der Waals surface area contributed by atoms with Gasteiger partial charge in [-0.2, -0.15) is 0 Å². The highest BCUT2D eigenvalue weighted by atomic mass is 35.5. The van der Waals surface area contributed by atoms with Crippen LogP contribution in [0.25, 0.3) is 0 Å². The maximum atomic E-state index is 13.8. The van der Waals surface area contributed by atoms with E-state index in [-0.39, 0.29) is 28.9 Å². The van der Waals surface area contributed by atoms with Crippen LogP contribution in [-0.2, 0) is 19.9 Å². The van der Waals surface area contributed by atoms with E-state index in [9.17, 15) is 24.3 Å². The van der Waals surface area contributed by atoms with Crippen molar-refractivity contribution in [1.82, 2.24) is 9.80 Å². The summed E-state index contributed by atoms with van der Waals surface area (Å²) in [4.78, 5) is 59.8. The number of hydrogen-bond donors (Lipinski definition) is 1. The number of halogens is 1. The van der Waals surface area contributed by atoms with E-state index in [1.165, 1.54) is 25.2 Å². The number of aliphatic imine (C=N–C) groups is 1. The van der Waals surface area contributed by atoms with Gasteiger partial charge in [0.25, 0.3) is 11.8 Å². The van der Waals surface area contributed by atoms with Gasteiger partial charge in [0.1, 0.15) is 6.54 Å². The Morgan fingerprint density at radius 1 is 1.15 bits per heavy atom. The summed E-state index contributed by atoms with van der Waals surface area (Å²) in [6.45, 7) is -0.635. The van der Waals surface area contributed by atoms with E-state index in [2.05, 4.69) is 4.99 Å². The molecule has 174 valence electrons. The minimum absolute atomic E-state index is 0.00913. The topological polar surface area (TPSA) is 111 Å². The second-order valence-corrected chi connectivity index (χ2v) is 9.62. The predicted octanol–water partition coefficient (Wildman–Crippen LogP) is 2.42. The van der Waals surface area contributed by atoms with E-state index in [4.69, 9.17) is 11.6 Å². The number of fused-ring (bicyclic) bond motifs is 2. The van der Waals surface area contributed by atoms with Crippen LogP contribution in [-0.4, -0.2) is 75.7 Å². The molecule has 1 N–H and O–H groups in total. The SMILES string of the molecule is CN1C(=O)N(CC2CSC(c3ccccc3)=N2)C(=O)[C@]12C(=O)N(CC(=O)O)c1ccc(Cl)cc12. The van der Waals surface area contributed by atoms with E-state index < -0.39 is 35.9 Å². The first-order valence-corrected chi connectivity index (χ1v) is 11.8. The molecule has 2 atom stereocenters. The lowest BCUT2D eigenvalue weighted by Gasteiger charge is -2.27. The molecule has 11 heteroatoms. The van der Waals surface area contributed by atoms with Gasteiger partial charge in [-0.15, -0.1) is 11.8 Å². The minimum Gasteiger partial charge on any atom is -0.480 e. The van der Waals surface area contributed by atoms with Crippen LogP contribution < -0.4 is 4.90 Å². The number of imide groups is 1. The fraction of sp³-hybridized carbons (Fsp3) is 0.261. The fourth-order valence-corrected chi connectivity index (χ4v) is 5.87. The molecule has 3 aliphatic rings. The van der Waals surface area contributed by atoms with Crippen LogP contribution in [0.2, 0.25) is 5.02 Å². The van der Waals surface area contributed by atoms with E-state index in [1.54, 1.807) is 11.8 Å². The number of hydrogen-bond acceptors (Lipinski definition) is 6. The summed E-state index contributed by atoms with van der Waals surface area (Å²) in [5, 5.41) is 10.4. The normalized spacial score (nSPS) is 23.8. The number of urea groups is 1. The lowest BCUT2D eigenvalue weighted by Crippen LogP contribution is -2.53. The van der Waals surface area contributed by atoms with E-state index in [1.807, 2.05) is 30.3 Å². The van der Waals surface area contributed by atoms with Crippen molar-refractivity contribution in [3.63, 3.8) is 0 Å². The third kappa shape index (κ3) is 3.20. The van der Waals surface area contributed by atoms with Crippen molar-refractivity contribution in [3.8, 4) is 0 Å². The number of benzene rings is 2. The monoisotopic (exact) mass is 498 g/mol. The van der Waals surface area contributed by atoms with Crippen molar-refractivity contribution in [3.05, 3.63) is 64.7 Å². The Hall–Kier alpha value is -3.37. The van der Waals surface area contributed by atoms with Crippen LogP contribution in [0, 0.1) is 0 Å². The molecule has 1 saturated heterocycles. The second kappa shape index (κ2) is 8.14. The Morgan fingerprint density at radius 2 is 1.85 bits per heavy atom. The van der Waals surface area contributed by atoms with Crippen LogP contribution in [0.4, 0.5) is 10.5 Å². The van der Waals surface area contributed by atoms with Crippen LogP contribution in [0.15, 0.2) is 53.5 Å². The Kier molecular flexibility index (Phi) is 5.37. The minimum atomic E-state index is -2.00. The van der Waals surface area contributed by atoms with Crippen LogP contribution >= 0.6 is 23.4 Å². The number of anilines is 1. The van der Waals surface area contributed by atoms with Crippen molar-refractivity contribution in [2.24, 2.45) is 4.99 Å². The zero-order valence-corrected chi connectivity index (χ0v) is 19.5. The summed E-state index contributed by atoms with van der Waals surface area (Å²) in [6, 6.07) is 13.1. The highest BCUT2D eigenvalue weighted by Crippen LogP contribution is 2.49. The first-order valence-electron chi connectivity index (χ1n) is 10.4. The summed E-state index contributed by atoms with van der Waals surface area (Å²) >= 11 is 7.71. The predicted molar refractivity (Wildman–Crippen MR) is 127 cm³/mol. The summed E-state index contributed by atoms with van der Waals surface area (Å²) in [5.74, 6) is -2.17. The van der Waals surface area contributed by atoms with Crippen LogP contribution in [0.3, 0.4) is 0 Å². The highest BCUT2D eigenvalue weighted by Gasteiger charge is 2.67. The smallest absolute Gasteiger partial charge is 0.328 e. The van der Waals surface area contributed by atoms with Crippen molar-refractivity contribution in [2.45, 2.75) is 11.6 Å². The molecule has 5 rings (SSSR count). The summed E-state index contributed by atoms with van der Waals surface area (Å²) in [7, 11) is 1.37. The van der Waals surface area contributed by atoms with Gasteiger partial charge in [-0.05, 0) is 18.2 Å². The zero-order chi connectivity index (χ0) is 24.2. The van der Waals surface area contributed by atoms with Crippen LogP contribution in [0.1, 0.15) is 11.1 Å². The molecule has 3 aliphatic heterocycles. The van der Waals surface area contributed by atoms with Gasteiger partial charge in [-0.1, -0.05) is 41.9 Å². The third-order valence-corrected chi connectivity index (χ3v) is 7.59. The van der Waals surface area contributed by atoms with E-state index in [0.717, 1.165) is 25.3 Å². The quantitative estimate of drug-likeness (QED) is 0.500. The van der Waals surface area contributed by atoms with Gasteiger partial charge in [0, 0.05) is 29.0 Å². The average Bonchev–Trinajstić information content (AvgIpc) is 3.43. The van der Waals surface area contributed by atoms with Gasteiger partial charge in [0.15, 0.2) is 0 Å².